The maximum Gasteiger partial charge on any atom is 0.0415 e. The van der Waals surface area contributed by atoms with Crippen molar-refractivity contribution in [2.45, 2.75) is 0 Å². The highest BCUT2D eigenvalue weighted by atomic mass is 14.6. The predicted octanol–water partition coefficient (Wildman–Crippen LogP) is 3.99. The number of rotatable bonds is 1. The van der Waals surface area contributed by atoms with E-state index in [0.29, 0.717) is 22.7 Å². The molecule has 0 aliphatic rings. The Hall–Kier alpha value is -3.40. The lowest BCUT2D eigenvalue weighted by atomic mass is 9.92. The first-order valence-electron chi connectivity index (χ1n) is 7.71. The summed E-state index contributed by atoms with van der Waals surface area (Å²) in [7, 11) is 0. The zero-order chi connectivity index (χ0) is 16.8. The predicted molar refractivity (Wildman–Crippen MR) is 105 cm³/mol. The molecule has 8 N–H and O–H groups in total. The first-order valence-corrected chi connectivity index (χ1v) is 7.71. The van der Waals surface area contributed by atoms with E-state index in [1.54, 1.807) is 0 Å². The van der Waals surface area contributed by atoms with Crippen molar-refractivity contribution in [3.8, 4) is 11.1 Å². The number of fused-ring (bicyclic) bond motifs is 2. The summed E-state index contributed by atoms with van der Waals surface area (Å²) in [4.78, 5) is 0. The molecule has 0 aliphatic carbocycles. The number of hydrogen-bond donors (Lipinski definition) is 4. The van der Waals surface area contributed by atoms with Crippen LogP contribution in [-0.2, 0) is 0 Å². The maximum absolute atomic E-state index is 6.14. The molecule has 0 radical (unpaired) electrons. The van der Waals surface area contributed by atoms with Crippen molar-refractivity contribution >= 4 is 44.3 Å². The number of anilines is 4. The van der Waals surface area contributed by atoms with Gasteiger partial charge in [-0.25, -0.2) is 0 Å². The van der Waals surface area contributed by atoms with Gasteiger partial charge in [-0.05, 0) is 46.2 Å². The normalized spacial score (nSPS) is 11.2. The lowest BCUT2D eigenvalue weighted by Gasteiger charge is -2.15. The maximum atomic E-state index is 6.14. The van der Waals surface area contributed by atoms with Crippen LogP contribution in [0.15, 0.2) is 60.7 Å². The van der Waals surface area contributed by atoms with Crippen molar-refractivity contribution in [1.29, 1.82) is 0 Å². The average Bonchev–Trinajstić information content (AvgIpc) is 2.56. The highest BCUT2D eigenvalue weighted by Crippen LogP contribution is 2.40. The second kappa shape index (κ2) is 5.06. The molecule has 24 heavy (non-hydrogen) atoms. The fourth-order valence-electron chi connectivity index (χ4n) is 3.40. The van der Waals surface area contributed by atoms with Crippen LogP contribution in [0.2, 0.25) is 0 Å². The molecule has 0 saturated carbocycles. The molecular weight excluding hydrogens is 296 g/mol. The number of nitrogen functional groups attached to an aromatic ring is 4. The summed E-state index contributed by atoms with van der Waals surface area (Å²) in [5.41, 5.74) is 29.4. The third kappa shape index (κ3) is 1.93. The standard InChI is InChI=1S/C20H18N4/c21-15-5-1-3-13-11(7-9-17(23)19(13)15)12-8-10-18(24)20-14(12)4-2-6-16(20)22/h1-10H,21-24H2. The third-order valence-corrected chi connectivity index (χ3v) is 4.50. The Balaban J connectivity index is 2.16. The van der Waals surface area contributed by atoms with Crippen LogP contribution in [0.3, 0.4) is 0 Å². The van der Waals surface area contributed by atoms with Gasteiger partial charge in [-0.3, -0.25) is 0 Å². The summed E-state index contributed by atoms with van der Waals surface area (Å²) in [5, 5.41) is 3.79. The van der Waals surface area contributed by atoms with Gasteiger partial charge < -0.3 is 22.9 Å². The number of benzene rings is 4. The van der Waals surface area contributed by atoms with E-state index in [2.05, 4.69) is 0 Å². The minimum absolute atomic E-state index is 0.672. The fourth-order valence-corrected chi connectivity index (χ4v) is 3.40. The lowest BCUT2D eigenvalue weighted by Crippen LogP contribution is -1.96. The zero-order valence-corrected chi connectivity index (χ0v) is 13.1. The van der Waals surface area contributed by atoms with E-state index in [1.807, 2.05) is 60.7 Å². The molecular formula is C20H18N4. The topological polar surface area (TPSA) is 104 Å². The Morgan fingerprint density at radius 3 is 1.21 bits per heavy atom. The highest BCUT2D eigenvalue weighted by Gasteiger charge is 2.13. The van der Waals surface area contributed by atoms with Crippen LogP contribution in [-0.4, -0.2) is 0 Å². The second-order valence-electron chi connectivity index (χ2n) is 5.94. The van der Waals surface area contributed by atoms with Gasteiger partial charge in [0, 0.05) is 33.5 Å². The minimum Gasteiger partial charge on any atom is -0.398 e. The van der Waals surface area contributed by atoms with Crippen LogP contribution in [0.4, 0.5) is 22.7 Å². The average molecular weight is 314 g/mol. The van der Waals surface area contributed by atoms with Gasteiger partial charge in [0.1, 0.15) is 0 Å². The Kier molecular flexibility index (Phi) is 3.00. The van der Waals surface area contributed by atoms with E-state index < -0.39 is 0 Å². The second-order valence-corrected chi connectivity index (χ2v) is 5.94. The van der Waals surface area contributed by atoms with Crippen molar-refractivity contribution in [3.63, 3.8) is 0 Å². The van der Waals surface area contributed by atoms with Crippen LogP contribution in [0, 0.1) is 0 Å². The molecule has 4 aromatic rings. The molecule has 0 amide bonds. The molecule has 4 rings (SSSR count). The summed E-state index contributed by atoms with van der Waals surface area (Å²) in [6, 6.07) is 19.5. The van der Waals surface area contributed by atoms with Gasteiger partial charge in [0.15, 0.2) is 0 Å². The Bertz CT molecular complexity index is 994. The monoisotopic (exact) mass is 314 g/mol. The Morgan fingerprint density at radius 1 is 0.417 bits per heavy atom. The molecule has 4 nitrogen and oxygen atoms in total. The van der Waals surface area contributed by atoms with Crippen molar-refractivity contribution in [1.82, 2.24) is 0 Å². The SMILES string of the molecule is Nc1cccc2c(-c3ccc(N)c4c(N)cccc34)ccc(N)c12. The molecule has 0 bridgehead atoms. The number of hydrogen-bond acceptors (Lipinski definition) is 4. The summed E-state index contributed by atoms with van der Waals surface area (Å²) in [6.45, 7) is 0. The van der Waals surface area contributed by atoms with Crippen LogP contribution in [0.25, 0.3) is 32.7 Å². The molecule has 0 spiro atoms. The fraction of sp³-hybridized carbons (Fsp3) is 0. The van der Waals surface area contributed by atoms with Gasteiger partial charge in [0.2, 0.25) is 0 Å². The minimum atomic E-state index is 0.672. The summed E-state index contributed by atoms with van der Waals surface area (Å²) in [5.74, 6) is 0. The Morgan fingerprint density at radius 2 is 0.792 bits per heavy atom. The summed E-state index contributed by atoms with van der Waals surface area (Å²) < 4.78 is 0. The van der Waals surface area contributed by atoms with Crippen LogP contribution in [0.1, 0.15) is 0 Å². The largest absolute Gasteiger partial charge is 0.398 e. The molecule has 0 fully saturated rings. The molecule has 4 heteroatoms. The molecule has 0 aliphatic heterocycles. The lowest BCUT2D eigenvalue weighted by molar-refractivity contribution is 1.66. The van der Waals surface area contributed by atoms with Crippen molar-refractivity contribution in [3.05, 3.63) is 60.7 Å². The van der Waals surface area contributed by atoms with E-state index in [-0.39, 0.29) is 0 Å². The zero-order valence-electron chi connectivity index (χ0n) is 13.1. The van der Waals surface area contributed by atoms with E-state index in [4.69, 9.17) is 22.9 Å². The molecule has 0 atom stereocenters. The highest BCUT2D eigenvalue weighted by molar-refractivity contribution is 6.15. The van der Waals surface area contributed by atoms with E-state index >= 15 is 0 Å². The van der Waals surface area contributed by atoms with Crippen molar-refractivity contribution in [2.75, 3.05) is 22.9 Å². The third-order valence-electron chi connectivity index (χ3n) is 4.50. The van der Waals surface area contributed by atoms with Gasteiger partial charge in [-0.15, -0.1) is 0 Å². The van der Waals surface area contributed by atoms with Crippen LogP contribution in [0.5, 0.6) is 0 Å². The quantitative estimate of drug-likeness (QED) is 0.399. The molecule has 4 aromatic carbocycles. The Labute approximate surface area is 139 Å². The summed E-state index contributed by atoms with van der Waals surface area (Å²) in [6.07, 6.45) is 0. The molecule has 0 heterocycles. The van der Waals surface area contributed by atoms with E-state index in [1.165, 1.54) is 0 Å². The van der Waals surface area contributed by atoms with Crippen LogP contribution >= 0.6 is 0 Å². The molecule has 0 aromatic heterocycles. The van der Waals surface area contributed by atoms with Gasteiger partial charge in [-0.1, -0.05) is 36.4 Å². The van der Waals surface area contributed by atoms with Gasteiger partial charge in [0.25, 0.3) is 0 Å². The first-order chi connectivity index (χ1) is 11.6. The summed E-state index contributed by atoms with van der Waals surface area (Å²) >= 11 is 0. The number of nitrogens with two attached hydrogens (primary N) is 4. The van der Waals surface area contributed by atoms with Gasteiger partial charge in [0.05, 0.1) is 0 Å². The van der Waals surface area contributed by atoms with Crippen molar-refractivity contribution < 1.29 is 0 Å². The smallest absolute Gasteiger partial charge is 0.0415 e. The van der Waals surface area contributed by atoms with Gasteiger partial charge in [-0.2, -0.15) is 0 Å². The first kappa shape index (κ1) is 14.2. The van der Waals surface area contributed by atoms with Crippen LogP contribution < -0.4 is 22.9 Å². The molecule has 118 valence electrons. The van der Waals surface area contributed by atoms with Crippen molar-refractivity contribution in [2.24, 2.45) is 0 Å². The van der Waals surface area contributed by atoms with E-state index in [9.17, 15) is 0 Å². The van der Waals surface area contributed by atoms with E-state index in [0.717, 1.165) is 32.7 Å². The molecule has 0 unspecified atom stereocenters. The van der Waals surface area contributed by atoms with Gasteiger partial charge >= 0.3 is 0 Å². The molecule has 0 saturated heterocycles.